The minimum atomic E-state index is -0.272. The van der Waals surface area contributed by atoms with Crippen LogP contribution in [0.4, 0.5) is 4.39 Å². The number of ether oxygens (including phenoxy) is 3. The summed E-state index contributed by atoms with van der Waals surface area (Å²) in [4.78, 5) is 21.7. The van der Waals surface area contributed by atoms with Crippen LogP contribution < -0.4 is 14.2 Å². The van der Waals surface area contributed by atoms with Crippen LogP contribution in [0.15, 0.2) is 109 Å². The number of carbonyl (C=O) groups excluding carboxylic acids is 1. The number of aryl methyl sites for hydroxylation is 2. The summed E-state index contributed by atoms with van der Waals surface area (Å²) in [6, 6.07) is 30.1. The van der Waals surface area contributed by atoms with Gasteiger partial charge in [-0.15, -0.1) is 0 Å². The smallest absolute Gasteiger partial charge is 0.246 e. The average Bonchev–Trinajstić information content (AvgIpc) is 3.14. The van der Waals surface area contributed by atoms with Gasteiger partial charge in [-0.2, -0.15) is 0 Å². The molecule has 7 nitrogen and oxygen atoms in total. The molecule has 0 atom stereocenters. The zero-order chi connectivity index (χ0) is 35.6. The monoisotopic (exact) mass is 705 g/mol. The number of hydrogen-bond donors (Lipinski definition) is 0. The summed E-state index contributed by atoms with van der Waals surface area (Å²) in [5, 5.41) is 0.434. The van der Waals surface area contributed by atoms with E-state index in [9.17, 15) is 9.18 Å². The molecule has 9 heteroatoms. The summed E-state index contributed by atoms with van der Waals surface area (Å²) in [6.45, 7) is 8.72. The molecule has 4 aromatic carbocycles. The number of hydrogen-bond acceptors (Lipinski definition) is 6. The number of halogens is 2. The Hall–Kier alpha value is -5.18. The van der Waals surface area contributed by atoms with Crippen molar-refractivity contribution in [2.45, 2.75) is 33.4 Å². The van der Waals surface area contributed by atoms with Crippen LogP contribution in [0.5, 0.6) is 23.1 Å². The van der Waals surface area contributed by atoms with Gasteiger partial charge < -0.3 is 19.1 Å². The molecule has 1 aromatic heterocycles. The lowest BCUT2D eigenvalue weighted by molar-refractivity contribution is -0.127. The van der Waals surface area contributed by atoms with Crippen molar-refractivity contribution in [3.63, 3.8) is 0 Å². The SMILES string of the molecule is Cc1ccc(COc2ccc(Oc3c(C)cc(C=CC(=O)N4CCN(Cc5ccc(CCOc6ccc(F)cc6)cc5)CC4)cc3Cl)nc2)cc1. The first-order chi connectivity index (χ1) is 24.8. The third-order valence-electron chi connectivity index (χ3n) is 8.70. The average molecular weight is 706 g/mol. The van der Waals surface area contributed by atoms with Crippen molar-refractivity contribution < 1.29 is 23.4 Å². The highest BCUT2D eigenvalue weighted by Crippen LogP contribution is 2.34. The maximum Gasteiger partial charge on any atom is 0.246 e. The van der Waals surface area contributed by atoms with Gasteiger partial charge in [-0.1, -0.05) is 65.7 Å². The minimum absolute atomic E-state index is 0.0233. The van der Waals surface area contributed by atoms with E-state index in [0.717, 1.165) is 42.7 Å². The second-order valence-electron chi connectivity index (χ2n) is 12.7. The second-order valence-corrected chi connectivity index (χ2v) is 13.1. The van der Waals surface area contributed by atoms with Gasteiger partial charge in [0.1, 0.15) is 23.9 Å². The van der Waals surface area contributed by atoms with E-state index in [1.807, 2.05) is 36.1 Å². The molecule has 0 radical (unpaired) electrons. The Morgan fingerprint density at radius 2 is 1.51 bits per heavy atom. The van der Waals surface area contributed by atoms with E-state index in [1.165, 1.54) is 28.8 Å². The van der Waals surface area contributed by atoms with E-state index in [0.29, 0.717) is 54.5 Å². The van der Waals surface area contributed by atoms with Crippen LogP contribution in [0.3, 0.4) is 0 Å². The van der Waals surface area contributed by atoms with Gasteiger partial charge in [-0.25, -0.2) is 9.37 Å². The van der Waals surface area contributed by atoms with Crippen LogP contribution in [-0.2, 0) is 24.4 Å². The van der Waals surface area contributed by atoms with E-state index in [2.05, 4.69) is 53.2 Å². The Morgan fingerprint density at radius 1 is 0.824 bits per heavy atom. The maximum atomic E-state index is 13.1. The number of aromatic nitrogens is 1. The Kier molecular flexibility index (Phi) is 12.0. The molecule has 0 bridgehead atoms. The molecule has 1 aliphatic rings. The number of piperazine rings is 1. The molecule has 1 aliphatic heterocycles. The van der Waals surface area contributed by atoms with Gasteiger partial charge in [-0.3, -0.25) is 9.69 Å². The number of carbonyl (C=O) groups is 1. The molecule has 1 saturated heterocycles. The zero-order valence-electron chi connectivity index (χ0n) is 28.9. The van der Waals surface area contributed by atoms with Crippen LogP contribution in [0, 0.1) is 19.7 Å². The van der Waals surface area contributed by atoms with E-state index >= 15 is 0 Å². The molecule has 0 saturated carbocycles. The quantitative estimate of drug-likeness (QED) is 0.114. The largest absolute Gasteiger partial charge is 0.493 e. The van der Waals surface area contributed by atoms with Crippen LogP contribution in [-0.4, -0.2) is 53.5 Å². The van der Waals surface area contributed by atoms with Gasteiger partial charge in [0.25, 0.3) is 0 Å². The predicted molar refractivity (Wildman–Crippen MR) is 199 cm³/mol. The van der Waals surface area contributed by atoms with E-state index < -0.39 is 0 Å². The first-order valence-corrected chi connectivity index (χ1v) is 17.4. The molecule has 0 spiro atoms. The van der Waals surface area contributed by atoms with Crippen molar-refractivity contribution >= 4 is 23.6 Å². The standard InChI is InChI=1S/C42H41ClFN3O4/c1-30-3-5-34(6-4-30)29-50-38-16-17-40(45-27-38)51-42-31(2)25-35(26-39(42)43)11-18-41(48)47-22-20-46(21-23-47)28-33-9-7-32(8-10-33)19-24-49-37-14-12-36(44)13-15-37/h3-18,25-27H,19-24,28-29H2,1-2H3. The molecule has 1 amide bonds. The molecule has 0 unspecified atom stereocenters. The fraction of sp³-hybridized carbons (Fsp3) is 0.238. The molecule has 262 valence electrons. The summed E-state index contributed by atoms with van der Waals surface area (Å²) < 4.78 is 30.7. The molecular weight excluding hydrogens is 665 g/mol. The summed E-state index contributed by atoms with van der Waals surface area (Å²) in [7, 11) is 0. The fourth-order valence-electron chi connectivity index (χ4n) is 5.74. The summed E-state index contributed by atoms with van der Waals surface area (Å²) >= 11 is 6.62. The van der Waals surface area contributed by atoms with Crippen molar-refractivity contribution in [3.8, 4) is 23.1 Å². The van der Waals surface area contributed by atoms with Gasteiger partial charge in [0, 0.05) is 51.3 Å². The van der Waals surface area contributed by atoms with Crippen molar-refractivity contribution in [1.82, 2.24) is 14.8 Å². The van der Waals surface area contributed by atoms with Crippen molar-refractivity contribution in [1.29, 1.82) is 0 Å². The summed E-state index contributed by atoms with van der Waals surface area (Å²) in [5.74, 6) is 1.94. The van der Waals surface area contributed by atoms with Crippen LogP contribution in [0.1, 0.15) is 33.4 Å². The van der Waals surface area contributed by atoms with Crippen molar-refractivity contribution in [2.75, 3.05) is 32.8 Å². The third kappa shape index (κ3) is 10.4. The summed E-state index contributed by atoms with van der Waals surface area (Å²) in [6.07, 6.45) is 5.80. The molecule has 0 aliphatic carbocycles. The van der Waals surface area contributed by atoms with Gasteiger partial charge in [-0.05, 0) is 90.2 Å². The highest BCUT2D eigenvalue weighted by molar-refractivity contribution is 6.32. The summed E-state index contributed by atoms with van der Waals surface area (Å²) in [5.41, 5.74) is 6.35. The van der Waals surface area contributed by atoms with Gasteiger partial charge in [0.05, 0.1) is 17.8 Å². The van der Waals surface area contributed by atoms with Crippen LogP contribution in [0.25, 0.3) is 6.08 Å². The number of rotatable bonds is 13. The lowest BCUT2D eigenvalue weighted by Crippen LogP contribution is -2.47. The van der Waals surface area contributed by atoms with Crippen LogP contribution >= 0.6 is 11.6 Å². The molecule has 2 heterocycles. The Balaban J connectivity index is 0.931. The lowest BCUT2D eigenvalue weighted by atomic mass is 10.1. The fourth-order valence-corrected chi connectivity index (χ4v) is 6.05. The van der Waals surface area contributed by atoms with Gasteiger partial charge >= 0.3 is 0 Å². The maximum absolute atomic E-state index is 13.1. The first-order valence-electron chi connectivity index (χ1n) is 17.1. The second kappa shape index (κ2) is 17.2. The molecule has 1 fully saturated rings. The molecule has 0 N–H and O–H groups in total. The molecule has 51 heavy (non-hydrogen) atoms. The van der Waals surface area contributed by atoms with Crippen LogP contribution in [0.2, 0.25) is 5.02 Å². The zero-order valence-corrected chi connectivity index (χ0v) is 29.6. The third-order valence-corrected chi connectivity index (χ3v) is 8.98. The lowest BCUT2D eigenvalue weighted by Gasteiger charge is -2.34. The van der Waals surface area contributed by atoms with Gasteiger partial charge in [0.15, 0.2) is 5.75 Å². The van der Waals surface area contributed by atoms with E-state index in [1.54, 1.807) is 42.6 Å². The highest BCUT2D eigenvalue weighted by Gasteiger charge is 2.20. The number of amides is 1. The van der Waals surface area contributed by atoms with Crippen molar-refractivity contribution in [2.24, 2.45) is 0 Å². The minimum Gasteiger partial charge on any atom is -0.493 e. The topological polar surface area (TPSA) is 64.1 Å². The Bertz CT molecular complexity index is 1900. The number of benzene rings is 4. The van der Waals surface area contributed by atoms with E-state index in [4.69, 9.17) is 25.8 Å². The molecule has 6 rings (SSSR count). The van der Waals surface area contributed by atoms with Crippen molar-refractivity contribution in [3.05, 3.63) is 154 Å². The van der Waals surface area contributed by atoms with Gasteiger partial charge in [0.2, 0.25) is 11.8 Å². The Labute approximate surface area is 303 Å². The number of nitrogens with zero attached hydrogens (tertiary/aromatic N) is 3. The van der Waals surface area contributed by atoms with E-state index in [-0.39, 0.29) is 11.7 Å². The first kappa shape index (κ1) is 35.6. The molecular formula is C42H41ClFN3O4. The Morgan fingerprint density at radius 3 is 2.20 bits per heavy atom. The highest BCUT2D eigenvalue weighted by atomic mass is 35.5. The number of pyridine rings is 1. The normalized spacial score (nSPS) is 13.4. The predicted octanol–water partition coefficient (Wildman–Crippen LogP) is 8.84. The molecule has 5 aromatic rings.